The summed E-state index contributed by atoms with van der Waals surface area (Å²) < 4.78 is 6.36. The van der Waals surface area contributed by atoms with Gasteiger partial charge in [-0.1, -0.05) is 17.7 Å². The molecule has 0 radical (unpaired) electrons. The number of carbonyl (C=O) groups excluding carboxylic acids is 1. The van der Waals surface area contributed by atoms with E-state index in [1.807, 2.05) is 23.1 Å². The van der Waals surface area contributed by atoms with Gasteiger partial charge in [0.15, 0.2) is 5.13 Å². The Morgan fingerprint density at radius 2 is 1.90 bits per heavy atom. The Balaban J connectivity index is 0.000000983. The molecule has 3 fully saturated rings. The number of aryl methyl sites for hydroxylation is 2. The number of carboxylic acid groups (broad SMARTS) is 1. The lowest BCUT2D eigenvalue weighted by Crippen LogP contribution is -2.35. The molecular formula is C31H37N3O4S. The molecule has 1 N–H and O–H groups in total. The highest BCUT2D eigenvalue weighted by atomic mass is 32.1. The Kier molecular flexibility index (Phi) is 8.50. The smallest absolute Gasteiger partial charge is 0.290 e. The molecule has 3 heterocycles. The first-order valence-corrected chi connectivity index (χ1v) is 14.8. The highest BCUT2D eigenvalue weighted by molar-refractivity contribution is 7.14. The van der Waals surface area contributed by atoms with Crippen molar-refractivity contribution < 1.29 is 19.4 Å². The van der Waals surface area contributed by atoms with Gasteiger partial charge in [-0.25, -0.2) is 4.98 Å². The number of hydrogen-bond acceptors (Lipinski definition) is 6. The lowest BCUT2D eigenvalue weighted by molar-refractivity contribution is -0.122. The van der Waals surface area contributed by atoms with Crippen molar-refractivity contribution in [2.75, 3.05) is 31.1 Å². The summed E-state index contributed by atoms with van der Waals surface area (Å²) in [6.07, 6.45) is 6.14. The standard InChI is InChI=1S/C30H35N3O2S.CH2O2/c1-20-6-9-28(26(14-20)27-19-36-30(31-27)33-13-10-22-16-25(22)17-33)35-18-24-8-7-23(15-21(24)2)29(34)32-11-4-3-5-12-32;2-1-3/h6-9,14-15,19,22,25H,3-5,10-13,16-18H2,1-2H3;1H,(H,2,3). The van der Waals surface area contributed by atoms with Crippen molar-refractivity contribution in [3.05, 3.63) is 64.0 Å². The Morgan fingerprint density at radius 3 is 2.64 bits per heavy atom. The van der Waals surface area contributed by atoms with Crippen molar-refractivity contribution in [2.24, 2.45) is 11.8 Å². The highest BCUT2D eigenvalue weighted by Crippen LogP contribution is 2.46. The zero-order valence-corrected chi connectivity index (χ0v) is 23.6. The van der Waals surface area contributed by atoms with Crippen LogP contribution in [0.3, 0.4) is 0 Å². The summed E-state index contributed by atoms with van der Waals surface area (Å²) in [7, 11) is 0. The number of likely N-dealkylation sites (tertiary alicyclic amines) is 1. The van der Waals surface area contributed by atoms with E-state index in [-0.39, 0.29) is 12.4 Å². The van der Waals surface area contributed by atoms with Gasteiger partial charge in [0.2, 0.25) is 0 Å². The zero-order chi connectivity index (χ0) is 27.4. The minimum atomic E-state index is -0.250. The van der Waals surface area contributed by atoms with Gasteiger partial charge in [0.25, 0.3) is 12.4 Å². The van der Waals surface area contributed by atoms with Gasteiger partial charge in [0.05, 0.1) is 5.69 Å². The van der Waals surface area contributed by atoms with Crippen LogP contribution in [0.4, 0.5) is 5.13 Å². The molecule has 1 saturated carbocycles. The lowest BCUT2D eigenvalue weighted by Gasteiger charge is -2.27. The van der Waals surface area contributed by atoms with E-state index in [0.717, 1.165) is 89.7 Å². The Hall–Kier alpha value is -3.39. The topological polar surface area (TPSA) is 83.0 Å². The Morgan fingerprint density at radius 1 is 1.10 bits per heavy atom. The van der Waals surface area contributed by atoms with Crippen LogP contribution in [-0.4, -0.2) is 53.5 Å². The van der Waals surface area contributed by atoms with Crippen LogP contribution in [0.1, 0.15) is 59.2 Å². The third-order valence-electron chi connectivity index (χ3n) is 8.08. The van der Waals surface area contributed by atoms with Gasteiger partial charge in [-0.3, -0.25) is 9.59 Å². The zero-order valence-electron chi connectivity index (χ0n) is 22.8. The summed E-state index contributed by atoms with van der Waals surface area (Å²) >= 11 is 1.74. The fourth-order valence-corrected chi connectivity index (χ4v) is 6.55. The molecule has 2 saturated heterocycles. The van der Waals surface area contributed by atoms with Crippen LogP contribution < -0.4 is 9.64 Å². The first-order valence-electron chi connectivity index (χ1n) is 13.9. The van der Waals surface area contributed by atoms with Crippen LogP contribution in [-0.2, 0) is 11.4 Å². The van der Waals surface area contributed by atoms with Crippen molar-refractivity contribution in [1.29, 1.82) is 0 Å². The van der Waals surface area contributed by atoms with Crippen LogP contribution in [0.25, 0.3) is 11.3 Å². The minimum Gasteiger partial charge on any atom is -0.488 e. The fourth-order valence-electron chi connectivity index (χ4n) is 5.69. The molecule has 1 aromatic heterocycles. The first kappa shape index (κ1) is 27.2. The van der Waals surface area contributed by atoms with Gasteiger partial charge in [0.1, 0.15) is 12.4 Å². The SMILES string of the molecule is Cc1ccc(OCc2ccc(C(=O)N3CCCCC3)cc2C)c(-c2csc(N3CCC4CC4C3)n2)c1.O=CO. The summed E-state index contributed by atoms with van der Waals surface area (Å²) in [5.74, 6) is 2.86. The van der Waals surface area contributed by atoms with Crippen LogP contribution in [0.5, 0.6) is 5.75 Å². The lowest BCUT2D eigenvalue weighted by atomic mass is 10.0. The number of thiazole rings is 1. The summed E-state index contributed by atoms with van der Waals surface area (Å²) in [5.41, 5.74) is 6.20. The first-order chi connectivity index (χ1) is 19.0. The molecule has 7 nitrogen and oxygen atoms in total. The minimum absolute atomic E-state index is 0.149. The number of benzene rings is 2. The molecule has 39 heavy (non-hydrogen) atoms. The van der Waals surface area contributed by atoms with E-state index in [1.54, 1.807) is 11.3 Å². The third kappa shape index (κ3) is 6.44. The normalized spacial score (nSPS) is 19.9. The average Bonchev–Trinajstić information content (AvgIpc) is 3.57. The maximum absolute atomic E-state index is 12.9. The van der Waals surface area contributed by atoms with Crippen LogP contribution in [0.15, 0.2) is 41.8 Å². The second-order valence-corrected chi connectivity index (χ2v) is 11.7. The number of hydrogen-bond donors (Lipinski definition) is 1. The monoisotopic (exact) mass is 547 g/mol. The largest absolute Gasteiger partial charge is 0.488 e. The van der Waals surface area contributed by atoms with Crippen molar-refractivity contribution in [3.8, 4) is 17.0 Å². The number of fused-ring (bicyclic) bond motifs is 1. The Bertz CT molecular complexity index is 1320. The van der Waals surface area contributed by atoms with Gasteiger partial charge >= 0.3 is 0 Å². The number of anilines is 1. The van der Waals surface area contributed by atoms with Crippen LogP contribution in [0.2, 0.25) is 0 Å². The molecule has 206 valence electrons. The number of ether oxygens (including phenoxy) is 1. The van der Waals surface area contributed by atoms with E-state index in [4.69, 9.17) is 19.6 Å². The second-order valence-electron chi connectivity index (χ2n) is 10.9. The molecule has 1 amide bonds. The number of rotatable bonds is 6. The van der Waals surface area contributed by atoms with Crippen molar-refractivity contribution in [1.82, 2.24) is 9.88 Å². The van der Waals surface area contributed by atoms with E-state index in [2.05, 4.69) is 42.3 Å². The molecule has 3 aliphatic rings. The molecule has 6 rings (SSSR count). The molecular weight excluding hydrogens is 510 g/mol. The molecule has 8 heteroatoms. The number of piperidine rings is 2. The summed E-state index contributed by atoms with van der Waals surface area (Å²) in [4.78, 5) is 30.7. The summed E-state index contributed by atoms with van der Waals surface area (Å²) in [6, 6.07) is 12.3. The maximum Gasteiger partial charge on any atom is 0.290 e. The van der Waals surface area contributed by atoms with Gasteiger partial charge in [-0.15, -0.1) is 11.3 Å². The highest BCUT2D eigenvalue weighted by Gasteiger charge is 2.42. The maximum atomic E-state index is 12.9. The van der Waals surface area contributed by atoms with E-state index >= 15 is 0 Å². The van der Waals surface area contributed by atoms with Gasteiger partial charge in [-0.05, 0) is 93.2 Å². The van der Waals surface area contributed by atoms with Crippen LogP contribution in [0, 0.1) is 25.7 Å². The van der Waals surface area contributed by atoms with E-state index in [0.29, 0.717) is 6.61 Å². The molecule has 1 aliphatic carbocycles. The van der Waals surface area contributed by atoms with Crippen molar-refractivity contribution in [3.63, 3.8) is 0 Å². The fraction of sp³-hybridized carbons (Fsp3) is 0.452. The predicted molar refractivity (Wildman–Crippen MR) is 155 cm³/mol. The number of nitrogens with zero attached hydrogens (tertiary/aromatic N) is 3. The van der Waals surface area contributed by atoms with Crippen LogP contribution >= 0.6 is 11.3 Å². The predicted octanol–water partition coefficient (Wildman–Crippen LogP) is 6.18. The molecule has 2 aliphatic heterocycles. The summed E-state index contributed by atoms with van der Waals surface area (Å²) in [5, 5.41) is 10.2. The molecule has 2 unspecified atom stereocenters. The molecule has 2 aromatic carbocycles. The Labute approximate surface area is 234 Å². The number of carbonyl (C=O) groups is 2. The molecule has 0 spiro atoms. The average molecular weight is 548 g/mol. The molecule has 0 bridgehead atoms. The van der Waals surface area contributed by atoms with Gasteiger partial charge in [0, 0.05) is 42.7 Å². The van der Waals surface area contributed by atoms with Crippen molar-refractivity contribution in [2.45, 2.75) is 52.6 Å². The van der Waals surface area contributed by atoms with E-state index in [9.17, 15) is 4.79 Å². The quantitative estimate of drug-likeness (QED) is 0.371. The number of amides is 1. The summed E-state index contributed by atoms with van der Waals surface area (Å²) in [6.45, 7) is 8.42. The second kappa shape index (κ2) is 12.2. The molecule has 2 atom stereocenters. The van der Waals surface area contributed by atoms with E-state index in [1.165, 1.54) is 24.8 Å². The van der Waals surface area contributed by atoms with Crippen molar-refractivity contribution >= 4 is 28.8 Å². The van der Waals surface area contributed by atoms with E-state index < -0.39 is 0 Å². The van der Waals surface area contributed by atoms with Gasteiger partial charge in [-0.2, -0.15) is 0 Å². The number of aromatic nitrogens is 1. The third-order valence-corrected chi connectivity index (χ3v) is 8.98. The molecule has 3 aromatic rings. The van der Waals surface area contributed by atoms with Gasteiger partial charge < -0.3 is 19.6 Å².